The van der Waals surface area contributed by atoms with Gasteiger partial charge >= 0.3 is 5.97 Å². The van der Waals surface area contributed by atoms with Crippen molar-refractivity contribution in [3.63, 3.8) is 0 Å². The Morgan fingerprint density at radius 1 is 1.67 bits per heavy atom. The number of aryl methyl sites for hydroxylation is 2. The highest BCUT2D eigenvalue weighted by atomic mass is 79.9. The lowest BCUT2D eigenvalue weighted by atomic mass is 9.88. The minimum absolute atomic E-state index is 0.156. The Bertz CT molecular complexity index is 399. The van der Waals surface area contributed by atoms with Crippen LogP contribution >= 0.6 is 27.3 Å². The highest BCUT2D eigenvalue weighted by molar-refractivity contribution is 9.10. The first kappa shape index (κ1) is 11.1. The van der Waals surface area contributed by atoms with Gasteiger partial charge in [0.05, 0.1) is 7.11 Å². The molecule has 1 aliphatic rings. The van der Waals surface area contributed by atoms with E-state index in [4.69, 9.17) is 4.74 Å². The Labute approximate surface area is 102 Å². The predicted molar refractivity (Wildman–Crippen MR) is 64.8 cm³/mol. The zero-order valence-electron chi connectivity index (χ0n) is 8.80. The molecule has 1 atom stereocenters. The van der Waals surface area contributed by atoms with Gasteiger partial charge in [0.2, 0.25) is 0 Å². The average molecular weight is 289 g/mol. The van der Waals surface area contributed by atoms with Crippen LogP contribution < -0.4 is 0 Å². The van der Waals surface area contributed by atoms with Gasteiger partial charge in [-0.1, -0.05) is 15.9 Å². The first-order chi connectivity index (χ1) is 7.05. The zero-order valence-corrected chi connectivity index (χ0v) is 11.2. The number of hydrogen-bond donors (Lipinski definition) is 0. The SMILES string of the molecule is COC(=O)C1(Br)CCc2sc(C)cc2C1. The number of halogens is 1. The summed E-state index contributed by atoms with van der Waals surface area (Å²) < 4.78 is 4.33. The van der Waals surface area contributed by atoms with Gasteiger partial charge in [0, 0.05) is 9.75 Å². The van der Waals surface area contributed by atoms with Crippen molar-refractivity contribution in [3.8, 4) is 0 Å². The van der Waals surface area contributed by atoms with E-state index in [1.807, 2.05) is 11.3 Å². The van der Waals surface area contributed by atoms with Crippen LogP contribution in [0.3, 0.4) is 0 Å². The smallest absolute Gasteiger partial charge is 0.322 e. The number of carbonyl (C=O) groups is 1. The molecular formula is C11H13BrO2S. The van der Waals surface area contributed by atoms with Crippen LogP contribution in [0.25, 0.3) is 0 Å². The molecule has 0 fully saturated rings. The number of fused-ring (bicyclic) bond motifs is 1. The van der Waals surface area contributed by atoms with Crippen LogP contribution in [0.1, 0.15) is 21.7 Å². The van der Waals surface area contributed by atoms with Crippen molar-refractivity contribution in [1.29, 1.82) is 0 Å². The molecule has 82 valence electrons. The molecule has 0 bridgehead atoms. The summed E-state index contributed by atoms with van der Waals surface area (Å²) in [6, 6.07) is 2.18. The van der Waals surface area contributed by atoms with E-state index in [0.29, 0.717) is 0 Å². The number of methoxy groups -OCH3 is 1. The maximum absolute atomic E-state index is 11.6. The first-order valence-corrected chi connectivity index (χ1v) is 6.51. The number of ether oxygens (including phenoxy) is 1. The van der Waals surface area contributed by atoms with Gasteiger partial charge in [0.15, 0.2) is 0 Å². The summed E-state index contributed by atoms with van der Waals surface area (Å²) in [5, 5.41) is 0. The van der Waals surface area contributed by atoms with E-state index in [-0.39, 0.29) is 5.97 Å². The van der Waals surface area contributed by atoms with E-state index in [1.54, 1.807) is 0 Å². The van der Waals surface area contributed by atoms with Crippen molar-refractivity contribution in [3.05, 3.63) is 21.4 Å². The lowest BCUT2D eigenvalue weighted by molar-refractivity contribution is -0.143. The van der Waals surface area contributed by atoms with Gasteiger partial charge in [0.1, 0.15) is 4.32 Å². The topological polar surface area (TPSA) is 26.3 Å². The van der Waals surface area contributed by atoms with Crippen molar-refractivity contribution in [2.24, 2.45) is 0 Å². The summed E-state index contributed by atoms with van der Waals surface area (Å²) in [5.74, 6) is -0.156. The Kier molecular flexibility index (Phi) is 2.90. The highest BCUT2D eigenvalue weighted by Crippen LogP contribution is 2.39. The molecule has 0 radical (unpaired) electrons. The van der Waals surface area contributed by atoms with Gasteiger partial charge in [-0.15, -0.1) is 11.3 Å². The summed E-state index contributed by atoms with van der Waals surface area (Å²) in [6.45, 7) is 2.11. The van der Waals surface area contributed by atoms with E-state index in [9.17, 15) is 4.79 Å². The van der Waals surface area contributed by atoms with Gasteiger partial charge < -0.3 is 4.74 Å². The average Bonchev–Trinajstić information content (AvgIpc) is 2.56. The van der Waals surface area contributed by atoms with Gasteiger partial charge in [-0.3, -0.25) is 4.79 Å². The van der Waals surface area contributed by atoms with E-state index in [0.717, 1.165) is 19.3 Å². The molecule has 1 aromatic rings. The second kappa shape index (κ2) is 3.91. The van der Waals surface area contributed by atoms with Crippen LogP contribution in [0.2, 0.25) is 0 Å². The van der Waals surface area contributed by atoms with E-state index in [2.05, 4.69) is 28.9 Å². The Balaban J connectivity index is 2.28. The number of hydrogen-bond acceptors (Lipinski definition) is 3. The normalized spacial score (nSPS) is 24.7. The highest BCUT2D eigenvalue weighted by Gasteiger charge is 2.40. The third-order valence-electron chi connectivity index (χ3n) is 2.79. The lowest BCUT2D eigenvalue weighted by Gasteiger charge is -2.28. The number of thiophene rings is 1. The fourth-order valence-corrected chi connectivity index (χ4v) is 3.75. The fraction of sp³-hybridized carbons (Fsp3) is 0.545. The predicted octanol–water partition coefficient (Wildman–Crippen LogP) is 2.85. The molecular weight excluding hydrogens is 276 g/mol. The fourth-order valence-electron chi connectivity index (χ4n) is 2.04. The zero-order chi connectivity index (χ0) is 11.1. The van der Waals surface area contributed by atoms with Crippen LogP contribution in [0.4, 0.5) is 0 Å². The van der Waals surface area contributed by atoms with Gasteiger partial charge in [0.25, 0.3) is 0 Å². The molecule has 2 nitrogen and oxygen atoms in total. The van der Waals surface area contributed by atoms with Crippen molar-refractivity contribution in [2.45, 2.75) is 30.5 Å². The summed E-state index contributed by atoms with van der Waals surface area (Å²) in [5.41, 5.74) is 1.30. The molecule has 0 amide bonds. The van der Waals surface area contributed by atoms with Crippen LogP contribution in [0.5, 0.6) is 0 Å². The number of rotatable bonds is 1. The van der Waals surface area contributed by atoms with Gasteiger partial charge in [-0.25, -0.2) is 0 Å². The van der Waals surface area contributed by atoms with Crippen molar-refractivity contribution in [2.75, 3.05) is 7.11 Å². The van der Waals surface area contributed by atoms with Crippen LogP contribution in [0.15, 0.2) is 6.07 Å². The molecule has 0 saturated carbocycles. The summed E-state index contributed by atoms with van der Waals surface area (Å²) >= 11 is 5.37. The maximum Gasteiger partial charge on any atom is 0.322 e. The first-order valence-electron chi connectivity index (χ1n) is 4.91. The van der Waals surface area contributed by atoms with Gasteiger partial charge in [-0.2, -0.15) is 0 Å². The second-order valence-corrected chi connectivity index (χ2v) is 6.80. The number of carbonyl (C=O) groups excluding carboxylic acids is 1. The Morgan fingerprint density at radius 2 is 2.40 bits per heavy atom. The van der Waals surface area contributed by atoms with Crippen LogP contribution in [-0.4, -0.2) is 17.4 Å². The molecule has 0 aliphatic heterocycles. The molecule has 0 N–H and O–H groups in total. The molecule has 1 unspecified atom stereocenters. The van der Waals surface area contributed by atoms with Crippen LogP contribution in [-0.2, 0) is 22.4 Å². The molecule has 1 aliphatic carbocycles. The second-order valence-electron chi connectivity index (χ2n) is 3.94. The largest absolute Gasteiger partial charge is 0.468 e. The molecule has 1 aromatic heterocycles. The minimum Gasteiger partial charge on any atom is -0.468 e. The molecule has 0 aromatic carbocycles. The number of esters is 1. The molecule has 0 spiro atoms. The van der Waals surface area contributed by atoms with Crippen molar-refractivity contribution >= 4 is 33.2 Å². The summed E-state index contributed by atoms with van der Waals surface area (Å²) in [7, 11) is 1.44. The third-order valence-corrected chi connectivity index (χ3v) is 4.94. The van der Waals surface area contributed by atoms with Crippen molar-refractivity contribution < 1.29 is 9.53 Å². The molecule has 1 heterocycles. The minimum atomic E-state index is -0.498. The van der Waals surface area contributed by atoms with Gasteiger partial charge in [-0.05, 0) is 37.8 Å². The van der Waals surface area contributed by atoms with Crippen molar-refractivity contribution in [1.82, 2.24) is 0 Å². The lowest BCUT2D eigenvalue weighted by Crippen LogP contribution is -2.38. The molecule has 15 heavy (non-hydrogen) atoms. The summed E-state index contributed by atoms with van der Waals surface area (Å²) in [6.07, 6.45) is 2.54. The van der Waals surface area contributed by atoms with E-state index >= 15 is 0 Å². The maximum atomic E-state index is 11.6. The standard InChI is InChI=1S/C11H13BrO2S/c1-7-5-8-6-11(12,10(13)14-2)4-3-9(8)15-7/h5H,3-4,6H2,1-2H3. The third kappa shape index (κ3) is 1.97. The van der Waals surface area contributed by atoms with Crippen LogP contribution in [0, 0.1) is 6.92 Å². The van der Waals surface area contributed by atoms with E-state index in [1.165, 1.54) is 22.4 Å². The molecule has 4 heteroatoms. The number of alkyl halides is 1. The summed E-state index contributed by atoms with van der Waals surface area (Å²) in [4.78, 5) is 14.4. The monoisotopic (exact) mass is 288 g/mol. The Morgan fingerprint density at radius 3 is 3.07 bits per heavy atom. The molecule has 0 saturated heterocycles. The Hall–Kier alpha value is -0.350. The quantitative estimate of drug-likeness (QED) is 0.587. The molecule has 2 rings (SSSR count). The van der Waals surface area contributed by atoms with E-state index < -0.39 is 4.32 Å².